The molecule has 1 fully saturated rings. The molecule has 0 spiro atoms. The summed E-state index contributed by atoms with van der Waals surface area (Å²) >= 11 is 0. The Hall–Kier alpha value is -2.18. The fourth-order valence-corrected chi connectivity index (χ4v) is 3.12. The highest BCUT2D eigenvalue weighted by Gasteiger charge is 2.44. The largest absolute Gasteiger partial charge is 0.356 e. The maximum atomic E-state index is 13.1. The van der Waals surface area contributed by atoms with Gasteiger partial charge in [0.15, 0.2) is 6.79 Å². The Morgan fingerprint density at radius 3 is 2.33 bits per heavy atom. The number of carbonyl (C=O) groups is 2. The van der Waals surface area contributed by atoms with Gasteiger partial charge in [-0.2, -0.15) is 0 Å². The van der Waals surface area contributed by atoms with E-state index in [1.807, 2.05) is 55.2 Å². The summed E-state index contributed by atoms with van der Waals surface area (Å²) < 4.78 is 4.90. The standard InChI is InChI=1S/C21H30N2O4/c1-15(2)11-18-20(24)23(27-14-26-5)21(25)19(12-16(3)4)22(18)13-17-9-7-6-8-10-17/h6-11,15-16,19H,12-14H2,1-5H3/b18-11-/t19-/m0/s1. The topological polar surface area (TPSA) is 59.1 Å². The van der Waals surface area contributed by atoms with Crippen LogP contribution >= 0.6 is 0 Å². The second kappa shape index (κ2) is 9.67. The molecule has 0 saturated carbocycles. The van der Waals surface area contributed by atoms with Crippen LogP contribution in [0.5, 0.6) is 0 Å². The first kappa shape index (κ1) is 21.1. The van der Waals surface area contributed by atoms with E-state index in [2.05, 4.69) is 13.8 Å². The van der Waals surface area contributed by atoms with Gasteiger partial charge in [-0.05, 0) is 23.8 Å². The van der Waals surface area contributed by atoms with E-state index in [0.717, 1.165) is 10.6 Å². The first-order chi connectivity index (χ1) is 12.8. The second-order valence-corrected chi connectivity index (χ2v) is 7.53. The molecule has 0 aromatic heterocycles. The SMILES string of the molecule is COCON1C(=O)/C(=C/C(C)C)N(Cc2ccccc2)[C@@H](CC(C)C)C1=O. The number of rotatable bonds is 8. The summed E-state index contributed by atoms with van der Waals surface area (Å²) in [5.74, 6) is -0.348. The molecule has 148 valence electrons. The first-order valence-electron chi connectivity index (χ1n) is 9.37. The predicted octanol–water partition coefficient (Wildman–Crippen LogP) is 3.35. The Morgan fingerprint density at radius 1 is 1.11 bits per heavy atom. The average molecular weight is 374 g/mol. The number of carbonyl (C=O) groups excluding carboxylic acids is 2. The Kier molecular flexibility index (Phi) is 7.56. The lowest BCUT2D eigenvalue weighted by Gasteiger charge is -2.42. The molecule has 0 N–H and O–H groups in total. The van der Waals surface area contributed by atoms with Crippen LogP contribution in [0, 0.1) is 11.8 Å². The van der Waals surface area contributed by atoms with Gasteiger partial charge in [-0.1, -0.05) is 64.1 Å². The third-order valence-electron chi connectivity index (χ3n) is 4.26. The van der Waals surface area contributed by atoms with Gasteiger partial charge in [0, 0.05) is 13.7 Å². The smallest absolute Gasteiger partial charge is 0.300 e. The van der Waals surface area contributed by atoms with E-state index in [-0.39, 0.29) is 24.5 Å². The van der Waals surface area contributed by atoms with Crippen LogP contribution in [0.3, 0.4) is 0 Å². The zero-order valence-corrected chi connectivity index (χ0v) is 16.8. The monoisotopic (exact) mass is 374 g/mol. The van der Waals surface area contributed by atoms with Crippen molar-refractivity contribution >= 4 is 11.8 Å². The van der Waals surface area contributed by atoms with Gasteiger partial charge in [-0.15, -0.1) is 5.06 Å². The van der Waals surface area contributed by atoms with Crippen LogP contribution in [0.4, 0.5) is 0 Å². The maximum absolute atomic E-state index is 13.1. The Bertz CT molecular complexity index is 670. The minimum atomic E-state index is -0.468. The van der Waals surface area contributed by atoms with Crippen molar-refractivity contribution in [2.24, 2.45) is 11.8 Å². The summed E-state index contributed by atoms with van der Waals surface area (Å²) in [5.41, 5.74) is 1.54. The molecule has 6 nitrogen and oxygen atoms in total. The summed E-state index contributed by atoms with van der Waals surface area (Å²) in [6, 6.07) is 9.40. The molecule has 0 unspecified atom stereocenters. The molecular formula is C21H30N2O4. The lowest BCUT2D eigenvalue weighted by Crippen LogP contribution is -2.58. The van der Waals surface area contributed by atoms with Crippen LogP contribution in [0.25, 0.3) is 0 Å². The third-order valence-corrected chi connectivity index (χ3v) is 4.26. The van der Waals surface area contributed by atoms with E-state index in [1.165, 1.54) is 7.11 Å². The highest BCUT2D eigenvalue weighted by Crippen LogP contribution is 2.29. The number of ether oxygens (including phenoxy) is 1. The van der Waals surface area contributed by atoms with Gasteiger partial charge >= 0.3 is 5.91 Å². The van der Waals surface area contributed by atoms with E-state index >= 15 is 0 Å². The van der Waals surface area contributed by atoms with Gasteiger partial charge in [0.05, 0.1) is 0 Å². The predicted molar refractivity (Wildman–Crippen MR) is 103 cm³/mol. The minimum absolute atomic E-state index is 0.152. The number of hydrogen-bond acceptors (Lipinski definition) is 5. The van der Waals surface area contributed by atoms with Crippen molar-refractivity contribution in [2.75, 3.05) is 13.9 Å². The number of methoxy groups -OCH3 is 1. The molecule has 27 heavy (non-hydrogen) atoms. The Balaban J connectivity index is 2.45. The molecule has 1 atom stereocenters. The highest BCUT2D eigenvalue weighted by atomic mass is 16.8. The molecule has 1 aromatic rings. The lowest BCUT2D eigenvalue weighted by molar-refractivity contribution is -0.226. The number of allylic oxidation sites excluding steroid dienone is 1. The summed E-state index contributed by atoms with van der Waals surface area (Å²) in [5, 5.41) is 0.867. The molecule has 0 aliphatic carbocycles. The van der Waals surface area contributed by atoms with Gasteiger partial charge in [0.25, 0.3) is 5.91 Å². The van der Waals surface area contributed by atoms with E-state index in [9.17, 15) is 9.59 Å². The minimum Gasteiger partial charge on any atom is -0.356 e. The molecule has 1 aliphatic heterocycles. The zero-order valence-electron chi connectivity index (χ0n) is 16.8. The van der Waals surface area contributed by atoms with Crippen LogP contribution in [0.1, 0.15) is 39.7 Å². The van der Waals surface area contributed by atoms with Gasteiger partial charge in [0.2, 0.25) is 0 Å². The number of hydroxylamine groups is 2. The molecule has 6 heteroatoms. The van der Waals surface area contributed by atoms with Gasteiger partial charge < -0.3 is 9.64 Å². The number of benzene rings is 1. The van der Waals surface area contributed by atoms with Crippen LogP contribution in [-0.2, 0) is 25.7 Å². The average Bonchev–Trinajstić information content (AvgIpc) is 2.62. The zero-order chi connectivity index (χ0) is 20.0. The quantitative estimate of drug-likeness (QED) is 0.397. The van der Waals surface area contributed by atoms with E-state index < -0.39 is 11.9 Å². The number of nitrogens with zero attached hydrogens (tertiary/aromatic N) is 2. The summed E-state index contributed by atoms with van der Waals surface area (Å²) in [6.07, 6.45) is 2.52. The van der Waals surface area contributed by atoms with E-state index in [1.54, 1.807) is 0 Å². The summed E-state index contributed by atoms with van der Waals surface area (Å²) in [4.78, 5) is 33.3. The van der Waals surface area contributed by atoms with Crippen molar-refractivity contribution in [3.63, 3.8) is 0 Å². The summed E-state index contributed by atoms with van der Waals surface area (Å²) in [7, 11) is 1.46. The van der Waals surface area contributed by atoms with E-state index in [0.29, 0.717) is 18.7 Å². The van der Waals surface area contributed by atoms with Crippen molar-refractivity contribution in [1.29, 1.82) is 0 Å². The maximum Gasteiger partial charge on any atom is 0.300 e. The van der Waals surface area contributed by atoms with Gasteiger partial charge in [-0.3, -0.25) is 9.59 Å². The van der Waals surface area contributed by atoms with Gasteiger partial charge in [0.1, 0.15) is 11.7 Å². The van der Waals surface area contributed by atoms with Crippen LogP contribution < -0.4 is 0 Å². The molecule has 2 amide bonds. The molecule has 2 rings (SSSR count). The number of imide groups is 1. The molecule has 1 aromatic carbocycles. The van der Waals surface area contributed by atoms with E-state index in [4.69, 9.17) is 9.57 Å². The molecule has 1 saturated heterocycles. The van der Waals surface area contributed by atoms with Crippen LogP contribution in [0.2, 0.25) is 0 Å². The normalized spacial score (nSPS) is 19.7. The lowest BCUT2D eigenvalue weighted by atomic mass is 9.97. The highest BCUT2D eigenvalue weighted by molar-refractivity contribution is 6.07. The molecule has 1 aliphatic rings. The number of hydrogen-bond donors (Lipinski definition) is 0. The van der Waals surface area contributed by atoms with Crippen molar-refractivity contribution in [2.45, 2.75) is 46.7 Å². The summed E-state index contributed by atoms with van der Waals surface area (Å²) in [6.45, 7) is 8.49. The molecule has 0 radical (unpaired) electrons. The van der Waals surface area contributed by atoms with Gasteiger partial charge in [-0.25, -0.2) is 4.84 Å². The van der Waals surface area contributed by atoms with Crippen molar-refractivity contribution in [3.8, 4) is 0 Å². The fraction of sp³-hybridized carbons (Fsp3) is 0.524. The first-order valence-corrected chi connectivity index (χ1v) is 9.37. The molecular weight excluding hydrogens is 344 g/mol. The molecule has 0 bridgehead atoms. The van der Waals surface area contributed by atoms with Crippen LogP contribution in [0.15, 0.2) is 42.1 Å². The fourth-order valence-electron chi connectivity index (χ4n) is 3.12. The van der Waals surface area contributed by atoms with Crippen molar-refractivity contribution in [3.05, 3.63) is 47.7 Å². The Labute approximate surface area is 161 Å². The van der Waals surface area contributed by atoms with Crippen molar-refractivity contribution < 1.29 is 19.2 Å². The van der Waals surface area contributed by atoms with Crippen LogP contribution in [-0.4, -0.2) is 41.7 Å². The third kappa shape index (κ3) is 5.40. The van der Waals surface area contributed by atoms with Crippen molar-refractivity contribution in [1.82, 2.24) is 9.96 Å². The Morgan fingerprint density at radius 2 is 1.78 bits per heavy atom. The number of amides is 2. The second-order valence-electron chi connectivity index (χ2n) is 7.53. The molecule has 1 heterocycles. The number of piperazine rings is 1.